The summed E-state index contributed by atoms with van der Waals surface area (Å²) in [6.45, 7) is 0. The lowest BCUT2D eigenvalue weighted by Gasteiger charge is -2.22. The summed E-state index contributed by atoms with van der Waals surface area (Å²) < 4.78 is 32.9. The van der Waals surface area contributed by atoms with Crippen LogP contribution in [-0.2, 0) is 0 Å². The second-order valence-corrected chi connectivity index (χ2v) is 4.10. The molecule has 102 valence electrons. The molecule has 0 saturated heterocycles. The Labute approximate surface area is 115 Å². The van der Waals surface area contributed by atoms with Crippen molar-refractivity contribution in [2.24, 2.45) is 0 Å². The predicted octanol–water partition coefficient (Wildman–Crippen LogP) is 3.61. The van der Waals surface area contributed by atoms with E-state index >= 15 is 0 Å². The van der Waals surface area contributed by atoms with E-state index in [0.29, 0.717) is 11.4 Å². The Bertz CT molecular complexity index is 680. The lowest BCUT2D eigenvalue weighted by atomic mass is 10.1. The average Bonchev–Trinajstić information content (AvgIpc) is 2.49. The Hall–Kier alpha value is -2.61. The number of hydrogen-bond acceptors (Lipinski definition) is 3. The summed E-state index contributed by atoms with van der Waals surface area (Å²) in [6, 6.07) is 11.2. The normalized spacial score (nSPS) is 9.95. The van der Waals surface area contributed by atoms with Crippen LogP contribution in [-0.4, -0.2) is 14.2 Å². The molecular weight excluding hydrogens is 262 g/mol. The molecule has 20 heavy (non-hydrogen) atoms. The molecule has 2 rings (SSSR count). The van der Waals surface area contributed by atoms with Gasteiger partial charge in [-0.05, 0) is 24.3 Å². The maximum atomic E-state index is 14.0. The fourth-order valence-electron chi connectivity index (χ4n) is 1.92. The number of hydrogen-bond donors (Lipinski definition) is 0. The van der Waals surface area contributed by atoms with Crippen LogP contribution >= 0.6 is 0 Å². The molecule has 0 aliphatic heterocycles. The van der Waals surface area contributed by atoms with Crippen molar-refractivity contribution in [2.45, 2.75) is 0 Å². The van der Waals surface area contributed by atoms with Gasteiger partial charge in [0.15, 0.2) is 11.6 Å². The number of rotatable bonds is 3. The zero-order chi connectivity index (χ0) is 14.7. The van der Waals surface area contributed by atoms with Gasteiger partial charge in [-0.2, -0.15) is 5.26 Å². The zero-order valence-electron chi connectivity index (χ0n) is 11.0. The molecule has 0 radical (unpaired) electrons. The molecule has 3 nitrogen and oxygen atoms in total. The summed E-state index contributed by atoms with van der Waals surface area (Å²) in [4.78, 5) is 1.47. The highest BCUT2D eigenvalue weighted by atomic mass is 19.2. The van der Waals surface area contributed by atoms with Crippen LogP contribution in [0.15, 0.2) is 36.4 Å². The summed E-state index contributed by atoms with van der Waals surface area (Å²) in [5.74, 6) is -1.66. The van der Waals surface area contributed by atoms with Gasteiger partial charge in [0.1, 0.15) is 11.8 Å². The van der Waals surface area contributed by atoms with Gasteiger partial charge in [-0.15, -0.1) is 0 Å². The van der Waals surface area contributed by atoms with Gasteiger partial charge < -0.3 is 9.64 Å². The Morgan fingerprint density at radius 3 is 2.40 bits per heavy atom. The van der Waals surface area contributed by atoms with Gasteiger partial charge >= 0.3 is 0 Å². The fraction of sp³-hybridized carbons (Fsp3) is 0.133. The van der Waals surface area contributed by atoms with Crippen molar-refractivity contribution in [3.05, 3.63) is 53.6 Å². The summed E-state index contributed by atoms with van der Waals surface area (Å²) in [5, 5.41) is 8.68. The SMILES string of the molecule is COc1ccccc1N(C)c1ccc(C#N)c(F)c1F. The van der Waals surface area contributed by atoms with E-state index in [1.165, 1.54) is 24.1 Å². The first-order chi connectivity index (χ1) is 9.60. The summed E-state index contributed by atoms with van der Waals surface area (Å²) in [7, 11) is 3.10. The largest absolute Gasteiger partial charge is 0.495 e. The van der Waals surface area contributed by atoms with Crippen LogP contribution in [0.2, 0.25) is 0 Å². The number of ether oxygens (including phenoxy) is 1. The molecule has 0 fully saturated rings. The van der Waals surface area contributed by atoms with Gasteiger partial charge in [0.2, 0.25) is 0 Å². The van der Waals surface area contributed by atoms with Crippen LogP contribution in [0.25, 0.3) is 0 Å². The second kappa shape index (κ2) is 5.57. The highest BCUT2D eigenvalue weighted by molar-refractivity contribution is 5.69. The summed E-state index contributed by atoms with van der Waals surface area (Å²) in [5.41, 5.74) is 0.309. The van der Waals surface area contributed by atoms with Crippen molar-refractivity contribution in [1.29, 1.82) is 5.26 Å². The minimum absolute atomic E-state index is 0.0333. The van der Waals surface area contributed by atoms with E-state index < -0.39 is 11.6 Å². The number of para-hydroxylation sites is 2. The van der Waals surface area contributed by atoms with Crippen LogP contribution in [0, 0.1) is 23.0 Å². The molecule has 2 aromatic carbocycles. The first-order valence-electron chi connectivity index (χ1n) is 5.85. The number of anilines is 2. The Morgan fingerprint density at radius 2 is 1.75 bits per heavy atom. The molecular formula is C15H12F2N2O. The van der Waals surface area contributed by atoms with Gasteiger partial charge in [-0.3, -0.25) is 0 Å². The Kier molecular flexibility index (Phi) is 3.85. The van der Waals surface area contributed by atoms with Crippen LogP contribution < -0.4 is 9.64 Å². The van der Waals surface area contributed by atoms with E-state index in [1.54, 1.807) is 37.4 Å². The maximum absolute atomic E-state index is 14.0. The van der Waals surface area contributed by atoms with Crippen molar-refractivity contribution in [3.63, 3.8) is 0 Å². The molecule has 0 aromatic heterocycles. The maximum Gasteiger partial charge on any atom is 0.183 e. The smallest absolute Gasteiger partial charge is 0.183 e. The summed E-state index contributed by atoms with van der Waals surface area (Å²) in [6.07, 6.45) is 0. The quantitative estimate of drug-likeness (QED) is 0.857. The predicted molar refractivity (Wildman–Crippen MR) is 72.1 cm³/mol. The van der Waals surface area contributed by atoms with Gasteiger partial charge in [0.25, 0.3) is 0 Å². The van der Waals surface area contributed by atoms with Crippen LogP contribution in [0.4, 0.5) is 20.2 Å². The standard InChI is InChI=1S/C15H12F2N2O/c1-19(11-5-3-4-6-13(11)20-2)12-8-7-10(9-18)14(16)15(12)17/h3-8H,1-2H3. The lowest BCUT2D eigenvalue weighted by Crippen LogP contribution is -2.13. The third-order valence-electron chi connectivity index (χ3n) is 2.99. The van der Waals surface area contributed by atoms with Gasteiger partial charge in [0, 0.05) is 7.05 Å². The Balaban J connectivity index is 2.52. The number of benzene rings is 2. The fourth-order valence-corrected chi connectivity index (χ4v) is 1.92. The molecule has 0 aliphatic rings. The van der Waals surface area contributed by atoms with E-state index in [2.05, 4.69) is 0 Å². The number of methoxy groups -OCH3 is 1. The highest BCUT2D eigenvalue weighted by Gasteiger charge is 2.18. The van der Waals surface area contributed by atoms with Crippen molar-refractivity contribution in [2.75, 3.05) is 19.1 Å². The number of halogens is 2. The molecule has 0 saturated carbocycles. The van der Waals surface area contributed by atoms with E-state index in [4.69, 9.17) is 10.00 Å². The molecule has 0 heterocycles. The molecule has 0 N–H and O–H groups in total. The van der Waals surface area contributed by atoms with E-state index in [9.17, 15) is 8.78 Å². The first-order valence-corrected chi connectivity index (χ1v) is 5.85. The van der Waals surface area contributed by atoms with Crippen molar-refractivity contribution in [1.82, 2.24) is 0 Å². The summed E-state index contributed by atoms with van der Waals surface area (Å²) >= 11 is 0. The minimum atomic E-state index is -1.15. The van der Waals surface area contributed by atoms with Crippen molar-refractivity contribution < 1.29 is 13.5 Å². The molecule has 0 unspecified atom stereocenters. The molecule has 0 bridgehead atoms. The Morgan fingerprint density at radius 1 is 1.05 bits per heavy atom. The van der Waals surface area contributed by atoms with Crippen molar-refractivity contribution >= 4 is 11.4 Å². The number of nitriles is 1. The second-order valence-electron chi connectivity index (χ2n) is 4.10. The first kappa shape index (κ1) is 13.8. The lowest BCUT2D eigenvalue weighted by molar-refractivity contribution is 0.415. The van der Waals surface area contributed by atoms with Gasteiger partial charge in [-0.1, -0.05) is 12.1 Å². The van der Waals surface area contributed by atoms with E-state index in [1.807, 2.05) is 0 Å². The highest BCUT2D eigenvalue weighted by Crippen LogP contribution is 2.34. The minimum Gasteiger partial charge on any atom is -0.495 e. The molecule has 0 aliphatic carbocycles. The molecule has 2 aromatic rings. The molecule has 0 amide bonds. The third-order valence-corrected chi connectivity index (χ3v) is 2.99. The number of nitrogens with zero attached hydrogens (tertiary/aromatic N) is 2. The van der Waals surface area contributed by atoms with Crippen LogP contribution in [0.1, 0.15) is 5.56 Å². The molecule has 0 spiro atoms. The zero-order valence-corrected chi connectivity index (χ0v) is 11.0. The van der Waals surface area contributed by atoms with Crippen molar-refractivity contribution in [3.8, 4) is 11.8 Å². The molecule has 0 atom stereocenters. The van der Waals surface area contributed by atoms with Gasteiger partial charge in [-0.25, -0.2) is 8.78 Å². The third kappa shape index (κ3) is 2.28. The topological polar surface area (TPSA) is 36.3 Å². The monoisotopic (exact) mass is 274 g/mol. The van der Waals surface area contributed by atoms with Crippen LogP contribution in [0.5, 0.6) is 5.75 Å². The average molecular weight is 274 g/mol. The molecule has 5 heteroatoms. The van der Waals surface area contributed by atoms with Crippen LogP contribution in [0.3, 0.4) is 0 Å². The van der Waals surface area contributed by atoms with E-state index in [0.717, 1.165) is 0 Å². The van der Waals surface area contributed by atoms with Gasteiger partial charge in [0.05, 0.1) is 24.0 Å². The van der Waals surface area contributed by atoms with E-state index in [-0.39, 0.29) is 11.3 Å².